The molecule has 0 aromatic carbocycles. The molecule has 1 aliphatic heterocycles. The second-order valence-corrected chi connectivity index (χ2v) is 5.05. The van der Waals surface area contributed by atoms with Crippen molar-refractivity contribution in [3.63, 3.8) is 0 Å². The summed E-state index contributed by atoms with van der Waals surface area (Å²) >= 11 is 0. The molecule has 0 radical (unpaired) electrons. The lowest BCUT2D eigenvalue weighted by molar-refractivity contribution is -0.395. The zero-order chi connectivity index (χ0) is 19.8. The monoisotopic (exact) mass is 375 g/mol. The molecule has 140 valence electrons. The number of halogens is 6. The fourth-order valence-corrected chi connectivity index (χ4v) is 2.32. The van der Waals surface area contributed by atoms with Gasteiger partial charge in [0.2, 0.25) is 5.78 Å². The first-order valence-corrected chi connectivity index (χ1v) is 6.69. The fourth-order valence-electron chi connectivity index (χ4n) is 2.32. The maximum absolute atomic E-state index is 13.3. The Morgan fingerprint density at radius 3 is 2.04 bits per heavy atom. The summed E-state index contributed by atoms with van der Waals surface area (Å²) in [5, 5.41) is 0. The predicted octanol–water partition coefficient (Wildman–Crippen LogP) is 1.62. The topological polar surface area (TPSA) is 100 Å². The van der Waals surface area contributed by atoms with Crippen LogP contribution in [-0.2, 0) is 19.1 Å². The molecule has 1 aliphatic rings. The summed E-state index contributed by atoms with van der Waals surface area (Å²) in [6, 6.07) is -2.27. The van der Waals surface area contributed by atoms with Crippen molar-refractivity contribution in [3.8, 4) is 0 Å². The number of Topliss-reactive ketones (excluding diaryl/α,β-unsaturated/α-hetero) is 1. The molecule has 0 N–H and O–H groups in total. The molecule has 0 aliphatic carbocycles. The van der Waals surface area contributed by atoms with E-state index in [0.717, 1.165) is 0 Å². The summed E-state index contributed by atoms with van der Waals surface area (Å²) in [7, 11) is 0. The maximum atomic E-state index is 13.3. The van der Waals surface area contributed by atoms with E-state index in [1.807, 2.05) is 0 Å². The predicted molar refractivity (Wildman–Crippen MR) is 65.8 cm³/mol. The van der Waals surface area contributed by atoms with Crippen molar-refractivity contribution >= 4 is 23.4 Å². The SMILES string of the molecule is CCC[C@H]1C(=O)OC(C(F)(F)F)(C(F)(F)F)N1C(=O)C(=[N+]=[N-])C(C)=O. The smallest absolute Gasteiger partial charge is 0.419 e. The Morgan fingerprint density at radius 2 is 1.72 bits per heavy atom. The lowest BCUT2D eigenvalue weighted by Crippen LogP contribution is -2.69. The Balaban J connectivity index is 3.76. The summed E-state index contributed by atoms with van der Waals surface area (Å²) in [6.45, 7) is 1.92. The third-order valence-corrected chi connectivity index (χ3v) is 3.36. The number of amides is 1. The van der Waals surface area contributed by atoms with Crippen LogP contribution in [0.2, 0.25) is 0 Å². The van der Waals surface area contributed by atoms with Crippen molar-refractivity contribution in [2.75, 3.05) is 0 Å². The summed E-state index contributed by atoms with van der Waals surface area (Å²) in [6.07, 6.45) is -13.2. The lowest BCUT2D eigenvalue weighted by atomic mass is 10.0. The number of carbonyl (C=O) groups is 3. The van der Waals surface area contributed by atoms with Gasteiger partial charge in [0.05, 0.1) is 0 Å². The Labute approximate surface area is 136 Å². The van der Waals surface area contributed by atoms with Crippen LogP contribution >= 0.6 is 0 Å². The molecule has 7 nitrogen and oxygen atoms in total. The first kappa shape index (κ1) is 20.6. The molecule has 0 aromatic rings. The van der Waals surface area contributed by atoms with E-state index in [-0.39, 0.29) is 6.42 Å². The highest BCUT2D eigenvalue weighted by Gasteiger charge is 2.83. The molecule has 1 amide bonds. The van der Waals surface area contributed by atoms with Crippen LogP contribution in [0.25, 0.3) is 5.53 Å². The largest absolute Gasteiger partial charge is 0.458 e. The molecule has 0 bridgehead atoms. The minimum absolute atomic E-state index is 0.0823. The number of ether oxygens (including phenoxy) is 1. The van der Waals surface area contributed by atoms with Gasteiger partial charge in [-0.1, -0.05) is 13.3 Å². The standard InChI is InChI=1S/C12H11F6N3O4/c1-3-4-6-9(24)25-10(11(13,14)15,12(16,17)18)21(6)8(23)7(20-19)5(2)22/h6H,3-4H2,1-2H3/t6-/m0/s1. The molecule has 1 atom stereocenters. The van der Waals surface area contributed by atoms with E-state index in [2.05, 4.69) is 9.53 Å². The first-order valence-electron chi connectivity index (χ1n) is 6.69. The molecule has 1 rings (SSSR count). The number of alkyl halides is 6. The van der Waals surface area contributed by atoms with Crippen LogP contribution in [0.15, 0.2) is 0 Å². The van der Waals surface area contributed by atoms with Crippen molar-refractivity contribution in [1.29, 1.82) is 0 Å². The summed E-state index contributed by atoms with van der Waals surface area (Å²) < 4.78 is 83.4. The molecule has 1 saturated heterocycles. The number of hydrogen-bond acceptors (Lipinski definition) is 4. The van der Waals surface area contributed by atoms with Gasteiger partial charge in [-0.3, -0.25) is 14.5 Å². The molecule has 0 unspecified atom stereocenters. The summed E-state index contributed by atoms with van der Waals surface area (Å²) in [5.74, 6) is -5.57. The number of nitrogens with zero attached hydrogens (tertiary/aromatic N) is 3. The van der Waals surface area contributed by atoms with Crippen LogP contribution in [0.3, 0.4) is 0 Å². The van der Waals surface area contributed by atoms with Gasteiger partial charge >= 0.3 is 35.7 Å². The number of ketones is 1. The average molecular weight is 375 g/mol. The lowest BCUT2D eigenvalue weighted by Gasteiger charge is -2.38. The number of cyclic esters (lactones) is 1. The Morgan fingerprint density at radius 1 is 1.24 bits per heavy atom. The van der Waals surface area contributed by atoms with E-state index in [1.54, 1.807) is 0 Å². The molecular weight excluding hydrogens is 364 g/mol. The van der Waals surface area contributed by atoms with E-state index < -0.39 is 58.8 Å². The Kier molecular flexibility index (Phi) is 5.33. The van der Waals surface area contributed by atoms with Gasteiger partial charge in [0.25, 0.3) is 0 Å². The van der Waals surface area contributed by atoms with Gasteiger partial charge in [0.15, 0.2) is 0 Å². The van der Waals surface area contributed by atoms with Gasteiger partial charge in [-0.2, -0.15) is 31.1 Å². The van der Waals surface area contributed by atoms with Gasteiger partial charge in [-0.05, 0) is 6.42 Å². The highest BCUT2D eigenvalue weighted by Crippen LogP contribution is 2.52. The first-order chi connectivity index (χ1) is 11.3. The van der Waals surface area contributed by atoms with E-state index >= 15 is 0 Å². The van der Waals surface area contributed by atoms with Gasteiger partial charge in [-0.25, -0.2) is 4.79 Å². The molecule has 0 aromatic heterocycles. The summed E-state index contributed by atoms with van der Waals surface area (Å²) in [4.78, 5) is 36.2. The van der Waals surface area contributed by atoms with Crippen molar-refractivity contribution < 1.29 is 50.3 Å². The molecule has 0 saturated carbocycles. The van der Waals surface area contributed by atoms with E-state index in [1.165, 1.54) is 6.92 Å². The minimum atomic E-state index is -6.27. The van der Waals surface area contributed by atoms with E-state index in [4.69, 9.17) is 5.53 Å². The van der Waals surface area contributed by atoms with Crippen molar-refractivity contribution in [2.45, 2.75) is 50.8 Å². The molecule has 0 spiro atoms. The highest BCUT2D eigenvalue weighted by molar-refractivity contribution is 6.63. The van der Waals surface area contributed by atoms with E-state index in [0.29, 0.717) is 6.92 Å². The van der Waals surface area contributed by atoms with Crippen LogP contribution in [0.4, 0.5) is 26.3 Å². The highest BCUT2D eigenvalue weighted by atomic mass is 19.4. The number of carbonyl (C=O) groups excluding carboxylic acids is 3. The van der Waals surface area contributed by atoms with Crippen molar-refractivity contribution in [2.24, 2.45) is 0 Å². The minimum Gasteiger partial charge on any atom is -0.419 e. The zero-order valence-corrected chi connectivity index (χ0v) is 12.7. The quantitative estimate of drug-likeness (QED) is 0.186. The van der Waals surface area contributed by atoms with Gasteiger partial charge < -0.3 is 10.3 Å². The second-order valence-electron chi connectivity index (χ2n) is 5.05. The number of hydrogen-bond donors (Lipinski definition) is 0. The number of esters is 1. The zero-order valence-electron chi connectivity index (χ0n) is 12.7. The van der Waals surface area contributed by atoms with Crippen LogP contribution in [-0.4, -0.2) is 57.2 Å². The normalized spacial score (nSPS) is 20.1. The van der Waals surface area contributed by atoms with Crippen LogP contribution in [0.5, 0.6) is 0 Å². The molecule has 1 fully saturated rings. The van der Waals surface area contributed by atoms with E-state index in [9.17, 15) is 40.7 Å². The van der Waals surface area contributed by atoms with Gasteiger partial charge in [0.1, 0.15) is 6.04 Å². The molecular formula is C12H11F6N3O4. The molecule has 25 heavy (non-hydrogen) atoms. The Bertz CT molecular complexity index is 636. The van der Waals surface area contributed by atoms with Crippen molar-refractivity contribution in [1.82, 2.24) is 4.90 Å². The van der Waals surface area contributed by atoms with Gasteiger partial charge in [0, 0.05) is 6.92 Å². The van der Waals surface area contributed by atoms with Crippen LogP contribution in [0, 0.1) is 0 Å². The number of rotatable bonds is 4. The summed E-state index contributed by atoms with van der Waals surface area (Å²) in [5.41, 5.74) is 1.72. The maximum Gasteiger partial charge on any atom is 0.458 e. The molecule has 13 heteroatoms. The van der Waals surface area contributed by atoms with Crippen molar-refractivity contribution in [3.05, 3.63) is 5.53 Å². The average Bonchev–Trinajstić information content (AvgIpc) is 2.73. The third kappa shape index (κ3) is 3.11. The fraction of sp³-hybridized carbons (Fsp3) is 0.667. The second kappa shape index (κ2) is 6.47. The van der Waals surface area contributed by atoms with Gasteiger partial charge in [-0.15, -0.1) is 0 Å². The Hall–Kier alpha value is -2.43. The van der Waals surface area contributed by atoms with Crippen LogP contribution < -0.4 is 0 Å². The third-order valence-electron chi connectivity index (χ3n) is 3.36. The molecule has 1 heterocycles. The van der Waals surface area contributed by atoms with Crippen LogP contribution in [0.1, 0.15) is 26.7 Å².